The zero-order chi connectivity index (χ0) is 24.5. The molecular weight excluding hydrogens is 456 g/mol. The molecule has 1 aromatic carbocycles. The predicted molar refractivity (Wildman–Crippen MR) is 128 cm³/mol. The Morgan fingerprint density at radius 2 is 1.91 bits per heavy atom. The number of H-pyrrole nitrogens is 1. The Balaban J connectivity index is 1.83. The third-order valence-electron chi connectivity index (χ3n) is 6.01. The van der Waals surface area contributed by atoms with Crippen molar-refractivity contribution in [2.75, 3.05) is 32.7 Å². The van der Waals surface area contributed by atoms with E-state index in [1.54, 1.807) is 6.92 Å². The Kier molecular flexibility index (Phi) is 6.74. The number of nitrogens with one attached hydrogen (secondary N) is 1. The molecule has 34 heavy (non-hydrogen) atoms. The first-order valence-electron chi connectivity index (χ1n) is 11.3. The van der Waals surface area contributed by atoms with E-state index in [0.717, 1.165) is 13.0 Å². The van der Waals surface area contributed by atoms with E-state index in [0.29, 0.717) is 49.8 Å². The smallest absolute Gasteiger partial charge is 0.334 e. The molecule has 3 heterocycles. The van der Waals surface area contributed by atoms with Gasteiger partial charge in [0.1, 0.15) is 17.8 Å². The van der Waals surface area contributed by atoms with Gasteiger partial charge in [-0.05, 0) is 38.1 Å². The van der Waals surface area contributed by atoms with Crippen molar-refractivity contribution in [3.8, 4) is 29.7 Å². The van der Waals surface area contributed by atoms with E-state index >= 15 is 0 Å². The first-order valence-corrected chi connectivity index (χ1v) is 12.7. The SMILES string of the molecule is C#COc1ccc(S(=O)(=O)N2CCN(CC)CC2)cc1-c1nc2c(CCC)nc(C)n2c(=O)[nH]1. The molecule has 0 radical (unpaired) electrons. The van der Waals surface area contributed by atoms with Gasteiger partial charge >= 0.3 is 5.69 Å². The maximum Gasteiger partial charge on any atom is 0.334 e. The minimum Gasteiger partial charge on any atom is -0.407 e. The summed E-state index contributed by atoms with van der Waals surface area (Å²) in [6.45, 7) is 8.85. The van der Waals surface area contributed by atoms with E-state index in [2.05, 4.69) is 32.9 Å². The largest absolute Gasteiger partial charge is 0.407 e. The summed E-state index contributed by atoms with van der Waals surface area (Å²) < 4.78 is 34.9. The molecule has 1 saturated heterocycles. The molecule has 0 atom stereocenters. The maximum absolute atomic E-state index is 13.4. The highest BCUT2D eigenvalue weighted by Crippen LogP contribution is 2.32. The monoisotopic (exact) mass is 484 g/mol. The second-order valence-electron chi connectivity index (χ2n) is 8.12. The number of terminal acetylenes is 1. The summed E-state index contributed by atoms with van der Waals surface area (Å²) in [6, 6.07) is 4.40. The van der Waals surface area contributed by atoms with Crippen LogP contribution in [0.15, 0.2) is 27.9 Å². The van der Waals surface area contributed by atoms with Gasteiger partial charge in [0.05, 0.1) is 16.2 Å². The van der Waals surface area contributed by atoms with Gasteiger partial charge in [0.15, 0.2) is 11.4 Å². The highest BCUT2D eigenvalue weighted by Gasteiger charge is 2.29. The van der Waals surface area contributed by atoms with Crippen molar-refractivity contribution < 1.29 is 13.2 Å². The minimum absolute atomic E-state index is 0.0813. The molecule has 1 N–H and O–H groups in total. The van der Waals surface area contributed by atoms with Gasteiger partial charge in [-0.2, -0.15) is 4.31 Å². The lowest BCUT2D eigenvalue weighted by atomic mass is 10.2. The second-order valence-corrected chi connectivity index (χ2v) is 10.1. The minimum atomic E-state index is -3.76. The number of likely N-dealkylation sites (N-methyl/N-ethyl adjacent to an activating group) is 1. The summed E-state index contributed by atoms with van der Waals surface area (Å²) in [7, 11) is -3.76. The number of imidazole rings is 1. The molecule has 10 nitrogen and oxygen atoms in total. The molecule has 2 aromatic heterocycles. The second kappa shape index (κ2) is 9.58. The lowest BCUT2D eigenvalue weighted by molar-refractivity contribution is 0.196. The predicted octanol–water partition coefficient (Wildman–Crippen LogP) is 1.64. The van der Waals surface area contributed by atoms with E-state index in [-0.39, 0.29) is 22.0 Å². The van der Waals surface area contributed by atoms with Crippen LogP contribution in [0.4, 0.5) is 0 Å². The van der Waals surface area contributed by atoms with Crippen molar-refractivity contribution in [2.45, 2.75) is 38.5 Å². The number of ether oxygens (including phenoxy) is 1. The van der Waals surface area contributed by atoms with Crippen molar-refractivity contribution in [3.63, 3.8) is 0 Å². The Labute approximate surface area is 198 Å². The van der Waals surface area contributed by atoms with Crippen molar-refractivity contribution in [2.24, 2.45) is 0 Å². The van der Waals surface area contributed by atoms with Crippen molar-refractivity contribution >= 4 is 15.7 Å². The first kappa shape index (κ1) is 23.9. The highest BCUT2D eigenvalue weighted by atomic mass is 32.2. The molecule has 1 aliphatic rings. The molecule has 180 valence electrons. The summed E-state index contributed by atoms with van der Waals surface area (Å²) in [5.41, 5.74) is 0.980. The molecular formula is C23H28N6O4S. The van der Waals surface area contributed by atoms with Gasteiger partial charge in [0.25, 0.3) is 0 Å². The molecule has 4 rings (SSSR count). The fourth-order valence-corrected chi connectivity index (χ4v) is 5.65. The van der Waals surface area contributed by atoms with Crippen LogP contribution in [0.1, 0.15) is 31.8 Å². The third kappa shape index (κ3) is 4.32. The third-order valence-corrected chi connectivity index (χ3v) is 7.91. The van der Waals surface area contributed by atoms with Crippen LogP contribution in [0.25, 0.3) is 17.0 Å². The molecule has 1 aliphatic heterocycles. The topological polar surface area (TPSA) is 113 Å². The number of benzene rings is 1. The molecule has 0 amide bonds. The Bertz CT molecular complexity index is 1410. The number of aryl methyl sites for hydroxylation is 2. The van der Waals surface area contributed by atoms with Gasteiger partial charge in [-0.3, -0.25) is 4.98 Å². The van der Waals surface area contributed by atoms with E-state index in [1.165, 1.54) is 26.9 Å². The van der Waals surface area contributed by atoms with Crippen LogP contribution in [0.5, 0.6) is 5.75 Å². The lowest BCUT2D eigenvalue weighted by Gasteiger charge is -2.33. The van der Waals surface area contributed by atoms with Crippen molar-refractivity contribution in [1.29, 1.82) is 0 Å². The molecule has 1 fully saturated rings. The van der Waals surface area contributed by atoms with Crippen LogP contribution >= 0.6 is 0 Å². The van der Waals surface area contributed by atoms with Gasteiger partial charge in [0, 0.05) is 26.2 Å². The zero-order valence-electron chi connectivity index (χ0n) is 19.5. The number of hydrogen-bond acceptors (Lipinski definition) is 7. The number of sulfonamides is 1. The van der Waals surface area contributed by atoms with E-state index in [9.17, 15) is 13.2 Å². The van der Waals surface area contributed by atoms with Crippen LogP contribution in [-0.2, 0) is 16.4 Å². The zero-order valence-corrected chi connectivity index (χ0v) is 20.4. The summed E-state index contributed by atoms with van der Waals surface area (Å²) in [6.07, 6.45) is 8.95. The first-order chi connectivity index (χ1) is 16.3. The fraction of sp³-hybridized carbons (Fsp3) is 0.435. The normalized spacial score (nSPS) is 15.5. The Morgan fingerprint density at radius 1 is 1.18 bits per heavy atom. The number of nitrogens with zero attached hydrogens (tertiary/aromatic N) is 5. The van der Waals surface area contributed by atoms with Gasteiger partial charge in [0.2, 0.25) is 10.0 Å². The van der Waals surface area contributed by atoms with E-state index in [4.69, 9.17) is 11.2 Å². The van der Waals surface area contributed by atoms with Gasteiger partial charge in [-0.25, -0.2) is 27.6 Å². The summed E-state index contributed by atoms with van der Waals surface area (Å²) >= 11 is 0. The number of hydrogen-bond donors (Lipinski definition) is 1. The number of aromatic nitrogens is 4. The van der Waals surface area contributed by atoms with Crippen LogP contribution in [0.3, 0.4) is 0 Å². The Hall–Kier alpha value is -3.20. The molecule has 0 spiro atoms. The summed E-state index contributed by atoms with van der Waals surface area (Å²) in [5, 5.41) is 0. The van der Waals surface area contributed by atoms with E-state index in [1.807, 2.05) is 6.92 Å². The van der Waals surface area contributed by atoms with Gasteiger partial charge < -0.3 is 9.64 Å². The van der Waals surface area contributed by atoms with Crippen LogP contribution in [-0.4, -0.2) is 69.7 Å². The fourth-order valence-electron chi connectivity index (χ4n) is 4.20. The van der Waals surface area contributed by atoms with E-state index < -0.39 is 15.7 Å². The average molecular weight is 485 g/mol. The molecule has 3 aromatic rings. The van der Waals surface area contributed by atoms with Crippen molar-refractivity contribution in [1.82, 2.24) is 28.6 Å². The number of fused-ring (bicyclic) bond motifs is 1. The quantitative estimate of drug-likeness (QED) is 0.507. The lowest BCUT2D eigenvalue weighted by Crippen LogP contribution is -2.48. The standard InChI is InChI=1S/C23H28N6O4S/c1-5-8-19-22-25-21(26-23(30)29(22)16(4)24-19)18-15-17(9-10-20(18)33-7-3)34(31,32)28-13-11-27(6-2)12-14-28/h3,9-10,15H,5-6,8,11-14H2,1-2,4H3,(H,25,26,30). The van der Waals surface area contributed by atoms with Gasteiger partial charge in [-0.15, -0.1) is 0 Å². The summed E-state index contributed by atoms with van der Waals surface area (Å²) in [4.78, 5) is 27.0. The Morgan fingerprint density at radius 3 is 2.56 bits per heavy atom. The molecule has 0 saturated carbocycles. The molecule has 0 unspecified atom stereocenters. The number of piperazine rings is 1. The number of aromatic amines is 1. The molecule has 11 heteroatoms. The van der Waals surface area contributed by atoms with Crippen LogP contribution in [0, 0.1) is 19.5 Å². The highest BCUT2D eigenvalue weighted by molar-refractivity contribution is 7.89. The average Bonchev–Trinajstić information content (AvgIpc) is 3.15. The maximum atomic E-state index is 13.4. The molecule has 0 bridgehead atoms. The molecule has 0 aliphatic carbocycles. The summed E-state index contributed by atoms with van der Waals surface area (Å²) in [5.74, 6) is 0.910. The van der Waals surface area contributed by atoms with Gasteiger partial charge in [-0.1, -0.05) is 26.7 Å². The van der Waals surface area contributed by atoms with Crippen LogP contribution in [0.2, 0.25) is 0 Å². The van der Waals surface area contributed by atoms with Crippen molar-refractivity contribution in [3.05, 3.63) is 40.2 Å². The van der Waals surface area contributed by atoms with Crippen LogP contribution < -0.4 is 10.4 Å². The number of rotatable bonds is 7.